The minimum absolute atomic E-state index is 0.211. The molecule has 0 radical (unpaired) electrons. The van der Waals surface area contributed by atoms with Crippen LogP contribution >= 0.6 is 0 Å². The summed E-state index contributed by atoms with van der Waals surface area (Å²) in [6, 6.07) is 169. The Bertz CT molecular complexity index is 6500. The van der Waals surface area contributed by atoms with Crippen molar-refractivity contribution in [3.63, 3.8) is 0 Å². The van der Waals surface area contributed by atoms with Crippen LogP contribution < -0.4 is 51.3 Å². The van der Waals surface area contributed by atoms with Crippen LogP contribution in [-0.4, -0.2) is 16.1 Å². The van der Waals surface area contributed by atoms with E-state index in [0.29, 0.717) is 0 Å². The highest BCUT2D eigenvalue weighted by Gasteiger charge is 2.45. The Morgan fingerprint density at radius 3 is 0.624 bits per heavy atom. The molecule has 0 unspecified atom stereocenters. The lowest BCUT2D eigenvalue weighted by molar-refractivity contribution is 0.660. The third-order valence-electron chi connectivity index (χ3n) is 27.3. The highest BCUT2D eigenvalue weighted by molar-refractivity contribution is 7.20. The van der Waals surface area contributed by atoms with Crippen LogP contribution in [0.15, 0.2) is 449 Å². The molecule has 0 saturated heterocycles. The summed E-state index contributed by atoms with van der Waals surface area (Å²) >= 11 is 0. The number of fused-ring (bicyclic) bond motifs is 9. The van der Waals surface area contributed by atoms with E-state index in [1.165, 1.54) is 153 Å². The molecule has 125 heavy (non-hydrogen) atoms. The molecular weight excluding hydrogens is 1540 g/mol. The van der Waals surface area contributed by atoms with Gasteiger partial charge in [-0.25, -0.2) is 0 Å². The Balaban J connectivity index is 0.544. The van der Waals surface area contributed by atoms with Gasteiger partial charge in [-0.05, 0) is 226 Å². The molecule has 2 nitrogen and oxygen atoms in total. The predicted molar refractivity (Wildman–Crippen MR) is 537 cm³/mol. The van der Waals surface area contributed by atoms with E-state index in [9.17, 15) is 0 Å². The predicted octanol–water partition coefficient (Wildman–Crippen LogP) is 26.0. The Kier molecular flexibility index (Phi) is 19.7. The normalized spacial score (nSPS) is 13.6. The molecule has 0 spiro atoms. The molecule has 0 aliphatic heterocycles. The van der Waals surface area contributed by atoms with E-state index in [-0.39, 0.29) is 16.2 Å². The maximum atomic E-state index is 2.47. The highest BCUT2D eigenvalue weighted by atomic mass is 28.3. The smallest absolute Gasteiger partial charge is 0.179 e. The molecule has 4 heteroatoms. The maximum absolute atomic E-state index is 2.77. The number of benzene rings is 18. The first-order chi connectivity index (χ1) is 61.2. The van der Waals surface area contributed by atoms with Crippen molar-refractivity contribution in [2.45, 2.75) is 57.8 Å². The second-order valence-corrected chi connectivity index (χ2v) is 43.1. The van der Waals surface area contributed by atoms with Gasteiger partial charge in [-0.2, -0.15) is 0 Å². The summed E-state index contributed by atoms with van der Waals surface area (Å²) in [6.45, 7) is 14.4. The van der Waals surface area contributed by atoms with E-state index in [1.54, 1.807) is 0 Å². The van der Waals surface area contributed by atoms with E-state index in [4.69, 9.17) is 0 Å². The molecule has 0 heterocycles. The minimum atomic E-state index is -2.77. The van der Waals surface area contributed by atoms with Crippen molar-refractivity contribution in [3.05, 3.63) is 505 Å². The molecule has 0 atom stereocenters. The van der Waals surface area contributed by atoms with Gasteiger partial charge in [-0.15, -0.1) is 0 Å². The van der Waals surface area contributed by atoms with Crippen molar-refractivity contribution in [3.8, 4) is 55.6 Å². The van der Waals surface area contributed by atoms with Crippen LogP contribution in [0, 0.1) is 0 Å². The molecule has 0 bridgehead atoms. The molecule has 0 amide bonds. The topological polar surface area (TPSA) is 6.48 Å². The molecule has 0 aromatic heterocycles. The summed E-state index contributed by atoms with van der Waals surface area (Å²) in [7, 11) is -5.55. The molecule has 3 aliphatic carbocycles. The van der Waals surface area contributed by atoms with Gasteiger partial charge < -0.3 is 9.80 Å². The monoisotopic (exact) mass is 1630 g/mol. The van der Waals surface area contributed by atoms with E-state index in [1.807, 2.05) is 0 Å². The van der Waals surface area contributed by atoms with E-state index < -0.39 is 16.1 Å². The van der Waals surface area contributed by atoms with Crippen molar-refractivity contribution in [1.82, 2.24) is 0 Å². The summed E-state index contributed by atoms with van der Waals surface area (Å²) in [5.74, 6) is 0. The van der Waals surface area contributed by atoms with Crippen molar-refractivity contribution < 1.29 is 0 Å². The number of rotatable bonds is 20. The average molecular weight is 1630 g/mol. The zero-order valence-electron chi connectivity index (χ0n) is 71.4. The van der Waals surface area contributed by atoms with Gasteiger partial charge in [0.1, 0.15) is 0 Å². The number of nitrogens with zero attached hydrogens (tertiary/aromatic N) is 2. The number of hydrogen-bond donors (Lipinski definition) is 0. The Morgan fingerprint density at radius 2 is 0.368 bits per heavy atom. The molecule has 598 valence electrons. The lowest BCUT2D eigenvalue weighted by Crippen LogP contribution is -2.74. The average Bonchev–Trinajstić information content (AvgIpc) is 1.51. The molecule has 0 N–H and O–H groups in total. The quantitative estimate of drug-likeness (QED) is 0.0426. The van der Waals surface area contributed by atoms with Crippen LogP contribution in [0.4, 0.5) is 34.1 Å². The molecule has 0 saturated carbocycles. The van der Waals surface area contributed by atoms with Crippen molar-refractivity contribution in [2.24, 2.45) is 0 Å². The second kappa shape index (κ2) is 31.7. The van der Waals surface area contributed by atoms with Gasteiger partial charge in [0.2, 0.25) is 0 Å². The fourth-order valence-electron chi connectivity index (χ4n) is 21.0. The summed E-state index contributed by atoms with van der Waals surface area (Å²) < 4.78 is 0. The first-order valence-electron chi connectivity index (χ1n) is 43.9. The standard InChI is InChI=1S/C121H96N2Si2/c1-119(2)113-77-85(53-55-87-59-73-109-111-75-65-97(83-117(111)120(3,4)115(109)79-87)122(95-39-31-37-91(81-95)89-33-15-7-16-34-89)93-61-67-105(68-62-93)124(99-41-19-9-20-42-99,100-43-21-10-22-44-100)101-45-23-11-24-46-101)57-71-107(113)108-72-58-86(78-114(108)119)54-56-88-60-74-110-112-76-66-98(84-118(112)121(5,6)116(110)80-88)123(96-40-32-38-92(82-96)90-35-17-8-18-36-90)94-63-69-106(70-64-94)125(102-47-25-12-26-48-102,103-49-27-13-28-50-103)104-51-29-14-30-52-104/h7-84H,1-6H3/b55-53+,56-54+. The lowest BCUT2D eigenvalue weighted by atomic mass is 9.81. The Labute approximate surface area is 738 Å². The van der Waals surface area contributed by atoms with Crippen LogP contribution in [0.3, 0.4) is 0 Å². The van der Waals surface area contributed by atoms with Crippen LogP contribution in [0.2, 0.25) is 0 Å². The van der Waals surface area contributed by atoms with Crippen LogP contribution in [-0.2, 0) is 16.2 Å². The van der Waals surface area contributed by atoms with Crippen molar-refractivity contribution >= 4 is 116 Å². The summed E-state index contributed by atoms with van der Waals surface area (Å²) in [4.78, 5) is 4.93. The lowest BCUT2D eigenvalue weighted by Gasteiger charge is -2.35. The zero-order valence-corrected chi connectivity index (χ0v) is 73.4. The first-order valence-corrected chi connectivity index (χ1v) is 47.9. The van der Waals surface area contributed by atoms with Crippen molar-refractivity contribution in [1.29, 1.82) is 0 Å². The largest absolute Gasteiger partial charge is 0.310 e. The molecule has 0 fully saturated rings. The molecule has 18 aromatic rings. The molecule has 18 aromatic carbocycles. The molecule has 3 aliphatic rings. The van der Waals surface area contributed by atoms with Gasteiger partial charge in [0.05, 0.1) is 0 Å². The van der Waals surface area contributed by atoms with Gasteiger partial charge in [-0.1, -0.05) is 442 Å². The number of anilines is 6. The summed E-state index contributed by atoms with van der Waals surface area (Å²) in [6.07, 6.45) is 9.25. The van der Waals surface area contributed by atoms with Gasteiger partial charge in [0.15, 0.2) is 16.1 Å². The van der Waals surface area contributed by atoms with E-state index >= 15 is 0 Å². The van der Waals surface area contributed by atoms with Gasteiger partial charge in [-0.3, -0.25) is 0 Å². The maximum Gasteiger partial charge on any atom is 0.179 e. The van der Waals surface area contributed by atoms with Gasteiger partial charge in [0.25, 0.3) is 0 Å². The van der Waals surface area contributed by atoms with Crippen LogP contribution in [0.1, 0.15) is 97.2 Å². The van der Waals surface area contributed by atoms with Gasteiger partial charge >= 0.3 is 0 Å². The third kappa shape index (κ3) is 13.6. The highest BCUT2D eigenvalue weighted by Crippen LogP contribution is 2.55. The molecular formula is C121H96N2Si2. The zero-order chi connectivity index (χ0) is 84.4. The van der Waals surface area contributed by atoms with Crippen LogP contribution in [0.25, 0.3) is 79.9 Å². The van der Waals surface area contributed by atoms with Gasteiger partial charge in [0, 0.05) is 50.4 Å². The van der Waals surface area contributed by atoms with Crippen LogP contribution in [0.5, 0.6) is 0 Å². The Hall–Kier alpha value is -14.5. The second-order valence-electron chi connectivity index (χ2n) is 35.5. The molecule has 21 rings (SSSR count). The Morgan fingerprint density at radius 1 is 0.168 bits per heavy atom. The fourth-order valence-corrected chi connectivity index (χ4v) is 30.5. The third-order valence-corrected chi connectivity index (χ3v) is 36.9. The summed E-state index contributed by atoms with van der Waals surface area (Å²) in [5, 5.41) is 10.8. The van der Waals surface area contributed by atoms with E-state index in [0.717, 1.165) is 34.1 Å². The fraction of sp³-hybridized carbons (Fsp3) is 0.0744. The van der Waals surface area contributed by atoms with Crippen molar-refractivity contribution in [2.75, 3.05) is 9.80 Å². The minimum Gasteiger partial charge on any atom is -0.310 e. The SMILES string of the molecule is CC1(C)c2cc(/C=C/c3ccc4c(c3)C(C)(C)c3cc(N(c5ccc([Si](c6ccccc6)(c6ccccc6)c6ccccc6)cc5)c5cccc(-c6ccccc6)c5)ccc3-4)ccc2-c2ccc(/C=C/c3ccc4c(c3)C(C)(C)c3cc(N(c5ccc([Si](c6ccccc6)(c6ccccc6)c6ccccc6)cc5)c5cccc(-c6ccccc6)c5)ccc3-4)cc21. The first kappa shape index (κ1) is 77.8. The van der Waals surface area contributed by atoms with E-state index in [2.05, 4.69) is 525 Å². The number of hydrogen-bond acceptors (Lipinski definition) is 2. The summed E-state index contributed by atoms with van der Waals surface area (Å²) in [5.41, 5.74) is 31.2.